The first-order chi connectivity index (χ1) is 17.7. The largest absolute Gasteiger partial charge is 0.354 e. The minimum absolute atomic E-state index is 0.781. The molecule has 0 atom stereocenters. The molecule has 4 heteroatoms. The van der Waals surface area contributed by atoms with E-state index in [1.54, 1.807) is 0 Å². The molecule has 5 aromatic carbocycles. The van der Waals surface area contributed by atoms with Crippen LogP contribution < -0.4 is 0 Å². The van der Waals surface area contributed by atoms with Crippen LogP contribution in [0.1, 0.15) is 5.56 Å². The molecule has 0 spiro atoms. The van der Waals surface area contributed by atoms with Crippen LogP contribution in [0.4, 0.5) is 0 Å². The van der Waals surface area contributed by atoms with Gasteiger partial charge in [0.1, 0.15) is 0 Å². The summed E-state index contributed by atoms with van der Waals surface area (Å²) in [6.07, 6.45) is 2.13. The van der Waals surface area contributed by atoms with Crippen LogP contribution in [0.15, 0.2) is 103 Å². The summed E-state index contributed by atoms with van der Waals surface area (Å²) >= 11 is 8.45. The lowest BCUT2D eigenvalue weighted by Crippen LogP contribution is -1.94. The number of aromatic amines is 1. The molecule has 0 fully saturated rings. The lowest BCUT2D eigenvalue weighted by Gasteiger charge is -2.10. The molecule has 0 aliphatic heterocycles. The molecule has 0 saturated heterocycles. The fourth-order valence-electron chi connectivity index (χ4n) is 5.59. The van der Waals surface area contributed by atoms with Gasteiger partial charge in [0, 0.05) is 43.5 Å². The summed E-state index contributed by atoms with van der Waals surface area (Å²) in [6, 6.07) is 36.8. The van der Waals surface area contributed by atoms with Gasteiger partial charge in [0.05, 0.1) is 16.6 Å². The SMILES string of the molecule is CSCc1cc(Cl)cc2c1[nH]c1ccc3c(c4ccccc4n3-c3cccc(-c4ccccc4)c3)c12. The van der Waals surface area contributed by atoms with Crippen LogP contribution in [0.3, 0.4) is 0 Å². The molecule has 7 rings (SSSR count). The molecule has 174 valence electrons. The van der Waals surface area contributed by atoms with Crippen LogP contribution in [0.2, 0.25) is 5.02 Å². The Kier molecular flexibility index (Phi) is 5.09. The van der Waals surface area contributed by atoms with Crippen molar-refractivity contribution in [1.82, 2.24) is 9.55 Å². The molecule has 2 aromatic heterocycles. The number of aromatic nitrogens is 2. The fourth-order valence-corrected chi connectivity index (χ4v) is 6.37. The van der Waals surface area contributed by atoms with Crippen LogP contribution in [0.5, 0.6) is 0 Å². The molecule has 36 heavy (non-hydrogen) atoms. The lowest BCUT2D eigenvalue weighted by molar-refractivity contribution is 1.18. The Morgan fingerprint density at radius 3 is 2.39 bits per heavy atom. The third kappa shape index (κ3) is 3.27. The number of halogens is 1. The van der Waals surface area contributed by atoms with Crippen molar-refractivity contribution in [3.8, 4) is 16.8 Å². The highest BCUT2D eigenvalue weighted by Crippen LogP contribution is 2.41. The molecule has 0 aliphatic rings. The van der Waals surface area contributed by atoms with E-state index >= 15 is 0 Å². The summed E-state index contributed by atoms with van der Waals surface area (Å²) in [4.78, 5) is 3.71. The minimum Gasteiger partial charge on any atom is -0.354 e. The highest BCUT2D eigenvalue weighted by molar-refractivity contribution is 7.97. The molecule has 0 unspecified atom stereocenters. The van der Waals surface area contributed by atoms with Gasteiger partial charge in [0.15, 0.2) is 0 Å². The maximum atomic E-state index is 6.63. The van der Waals surface area contributed by atoms with Crippen molar-refractivity contribution in [2.24, 2.45) is 0 Å². The third-order valence-electron chi connectivity index (χ3n) is 7.06. The molecule has 0 amide bonds. The summed E-state index contributed by atoms with van der Waals surface area (Å²) < 4.78 is 2.39. The van der Waals surface area contributed by atoms with Gasteiger partial charge in [0.25, 0.3) is 0 Å². The monoisotopic (exact) mass is 502 g/mol. The van der Waals surface area contributed by atoms with Gasteiger partial charge < -0.3 is 9.55 Å². The Morgan fingerprint density at radius 1 is 0.722 bits per heavy atom. The summed E-state index contributed by atoms with van der Waals surface area (Å²) in [5.74, 6) is 0.918. The number of H-pyrrole nitrogens is 1. The Hall–Kier alpha value is -3.66. The van der Waals surface area contributed by atoms with Gasteiger partial charge in [-0.15, -0.1) is 0 Å². The van der Waals surface area contributed by atoms with E-state index in [2.05, 4.69) is 119 Å². The standard InChI is InChI=1S/C32H23ClN2S/c1-36-19-22-16-23(33)18-26-30-27(34-32(22)26)14-15-29-31(30)25-12-5-6-13-28(25)35(29)24-11-7-10-21(17-24)20-8-3-2-4-9-20/h2-18,34H,19H2,1H3. The number of para-hydroxylation sites is 1. The van der Waals surface area contributed by atoms with E-state index in [9.17, 15) is 0 Å². The van der Waals surface area contributed by atoms with Crippen molar-refractivity contribution in [1.29, 1.82) is 0 Å². The quantitative estimate of drug-likeness (QED) is 0.254. The molecular formula is C32H23ClN2S. The van der Waals surface area contributed by atoms with Gasteiger partial charge in [0.2, 0.25) is 0 Å². The predicted octanol–water partition coefficient (Wildman–Crippen LogP) is 9.60. The zero-order valence-corrected chi connectivity index (χ0v) is 21.3. The van der Waals surface area contributed by atoms with Crippen LogP contribution in [0, 0.1) is 0 Å². The van der Waals surface area contributed by atoms with Crippen LogP contribution in [-0.4, -0.2) is 15.8 Å². The molecule has 0 bridgehead atoms. The number of thioether (sulfide) groups is 1. The van der Waals surface area contributed by atoms with Crippen molar-refractivity contribution < 1.29 is 0 Å². The summed E-state index contributed by atoms with van der Waals surface area (Å²) in [5.41, 5.74) is 9.54. The molecular weight excluding hydrogens is 480 g/mol. The number of hydrogen-bond acceptors (Lipinski definition) is 1. The van der Waals surface area contributed by atoms with Crippen LogP contribution in [0.25, 0.3) is 60.4 Å². The minimum atomic E-state index is 0.781. The maximum Gasteiger partial charge on any atom is 0.0548 e. The Balaban J connectivity index is 1.59. The first kappa shape index (κ1) is 21.6. The average molecular weight is 503 g/mol. The number of nitrogens with zero attached hydrogens (tertiary/aromatic N) is 1. The number of rotatable bonds is 4. The van der Waals surface area contributed by atoms with Gasteiger partial charge in [-0.2, -0.15) is 11.8 Å². The maximum absolute atomic E-state index is 6.63. The topological polar surface area (TPSA) is 20.7 Å². The molecule has 0 radical (unpaired) electrons. The summed E-state index contributed by atoms with van der Waals surface area (Å²) in [7, 11) is 0. The van der Waals surface area contributed by atoms with E-state index in [4.69, 9.17) is 11.6 Å². The Labute approximate surface area is 218 Å². The highest BCUT2D eigenvalue weighted by atomic mass is 35.5. The number of nitrogens with one attached hydrogen (secondary N) is 1. The second-order valence-electron chi connectivity index (χ2n) is 9.20. The average Bonchev–Trinajstić information content (AvgIpc) is 3.45. The molecule has 0 saturated carbocycles. The smallest absolute Gasteiger partial charge is 0.0548 e. The predicted molar refractivity (Wildman–Crippen MR) is 158 cm³/mol. The van der Waals surface area contributed by atoms with E-state index in [1.807, 2.05) is 11.8 Å². The van der Waals surface area contributed by atoms with Gasteiger partial charge in [-0.3, -0.25) is 0 Å². The zero-order chi connectivity index (χ0) is 24.2. The molecule has 7 aromatic rings. The number of fused-ring (bicyclic) bond motifs is 7. The third-order valence-corrected chi connectivity index (χ3v) is 7.88. The molecule has 1 N–H and O–H groups in total. The lowest BCUT2D eigenvalue weighted by atomic mass is 10.0. The van der Waals surface area contributed by atoms with Gasteiger partial charge in [-0.05, 0) is 65.4 Å². The molecule has 2 heterocycles. The highest BCUT2D eigenvalue weighted by Gasteiger charge is 2.19. The fraction of sp³-hybridized carbons (Fsp3) is 0.0625. The van der Waals surface area contributed by atoms with Crippen LogP contribution in [-0.2, 0) is 5.75 Å². The summed E-state index contributed by atoms with van der Waals surface area (Å²) in [5, 5.41) is 5.71. The van der Waals surface area contributed by atoms with Crippen molar-refractivity contribution in [2.45, 2.75) is 5.75 Å². The van der Waals surface area contributed by atoms with Crippen LogP contribution >= 0.6 is 23.4 Å². The Morgan fingerprint density at radius 2 is 1.53 bits per heavy atom. The van der Waals surface area contributed by atoms with Crippen molar-refractivity contribution in [2.75, 3.05) is 6.26 Å². The number of benzene rings is 5. The van der Waals surface area contributed by atoms with Gasteiger partial charge >= 0.3 is 0 Å². The normalized spacial score (nSPS) is 11.8. The van der Waals surface area contributed by atoms with Crippen molar-refractivity contribution in [3.63, 3.8) is 0 Å². The summed E-state index contributed by atoms with van der Waals surface area (Å²) in [6.45, 7) is 0. The Bertz CT molecular complexity index is 1910. The van der Waals surface area contributed by atoms with E-state index in [-0.39, 0.29) is 0 Å². The van der Waals surface area contributed by atoms with Crippen molar-refractivity contribution in [3.05, 3.63) is 114 Å². The second kappa shape index (κ2) is 8.48. The van der Waals surface area contributed by atoms with E-state index < -0.39 is 0 Å². The van der Waals surface area contributed by atoms with Crippen molar-refractivity contribution >= 4 is 67.0 Å². The van der Waals surface area contributed by atoms with E-state index in [1.165, 1.54) is 54.8 Å². The molecule has 0 aliphatic carbocycles. The molecule has 2 nitrogen and oxygen atoms in total. The van der Waals surface area contributed by atoms with E-state index in [0.717, 1.165) is 22.0 Å². The first-order valence-electron chi connectivity index (χ1n) is 12.0. The second-order valence-corrected chi connectivity index (χ2v) is 10.5. The van der Waals surface area contributed by atoms with Gasteiger partial charge in [-0.1, -0.05) is 72.3 Å². The van der Waals surface area contributed by atoms with E-state index in [0.29, 0.717) is 0 Å². The first-order valence-corrected chi connectivity index (χ1v) is 13.8. The number of hydrogen-bond donors (Lipinski definition) is 1. The van der Waals surface area contributed by atoms with Gasteiger partial charge in [-0.25, -0.2) is 0 Å². The zero-order valence-electron chi connectivity index (χ0n) is 19.8.